The Bertz CT molecular complexity index is 848. The summed E-state index contributed by atoms with van der Waals surface area (Å²) in [6.07, 6.45) is 7.21. The molecule has 6 heteroatoms. The lowest BCUT2D eigenvalue weighted by atomic mass is 10.0. The molecule has 2 N–H and O–H groups in total. The van der Waals surface area contributed by atoms with Crippen molar-refractivity contribution in [3.63, 3.8) is 0 Å². The molecule has 2 atom stereocenters. The van der Waals surface area contributed by atoms with Crippen LogP contribution in [0.3, 0.4) is 0 Å². The molecule has 146 valence electrons. The summed E-state index contributed by atoms with van der Waals surface area (Å²) in [6.45, 7) is 10.0. The molecule has 0 saturated carbocycles. The van der Waals surface area contributed by atoms with Gasteiger partial charge in [0.15, 0.2) is 0 Å². The minimum Gasteiger partial charge on any atom is -0.386 e. The summed E-state index contributed by atoms with van der Waals surface area (Å²) >= 11 is 0. The second-order valence-electron chi connectivity index (χ2n) is 8.20. The maximum absolute atomic E-state index is 14.7. The zero-order chi connectivity index (χ0) is 19.8. The lowest BCUT2D eigenvalue weighted by Gasteiger charge is -2.20. The van der Waals surface area contributed by atoms with Gasteiger partial charge in [-0.15, -0.1) is 0 Å². The van der Waals surface area contributed by atoms with E-state index < -0.39 is 11.6 Å². The lowest BCUT2D eigenvalue weighted by molar-refractivity contribution is 0.396. The number of imidazole rings is 1. The van der Waals surface area contributed by atoms with E-state index in [9.17, 15) is 8.78 Å². The third-order valence-electron chi connectivity index (χ3n) is 5.04. The average molecular weight is 374 g/mol. The van der Waals surface area contributed by atoms with Crippen LogP contribution in [0.4, 0.5) is 8.78 Å². The summed E-state index contributed by atoms with van der Waals surface area (Å²) in [6, 6.07) is 2.60. The van der Waals surface area contributed by atoms with Gasteiger partial charge in [-0.25, -0.2) is 13.8 Å². The molecular formula is C21H28F2N4. The van der Waals surface area contributed by atoms with Gasteiger partial charge in [-0.05, 0) is 46.2 Å². The van der Waals surface area contributed by atoms with Crippen LogP contribution in [-0.4, -0.2) is 15.6 Å². The molecule has 1 aromatic heterocycles. The van der Waals surface area contributed by atoms with Gasteiger partial charge in [0.25, 0.3) is 0 Å². The number of nitrogens with zero attached hydrogens (tertiary/aromatic N) is 2. The van der Waals surface area contributed by atoms with Crippen LogP contribution >= 0.6 is 0 Å². The minimum absolute atomic E-state index is 0.169. The smallest absolute Gasteiger partial charge is 0.133 e. The largest absolute Gasteiger partial charge is 0.386 e. The van der Waals surface area contributed by atoms with Crippen LogP contribution in [0.15, 0.2) is 36.6 Å². The number of aromatic nitrogens is 2. The third kappa shape index (κ3) is 4.15. The highest BCUT2D eigenvalue weighted by Crippen LogP contribution is 2.29. The summed E-state index contributed by atoms with van der Waals surface area (Å²) in [5, 5.41) is 6.56. The molecule has 3 rings (SSSR count). The van der Waals surface area contributed by atoms with E-state index in [0.29, 0.717) is 17.3 Å². The molecule has 0 radical (unpaired) electrons. The number of benzene rings is 1. The van der Waals surface area contributed by atoms with Crippen LogP contribution in [-0.2, 0) is 5.54 Å². The number of nitrogens with one attached hydrogen (secondary N) is 2. The normalized spacial score (nSPS) is 18.2. The second kappa shape index (κ2) is 7.33. The Morgan fingerprint density at radius 1 is 1.30 bits per heavy atom. The molecule has 1 aliphatic heterocycles. The van der Waals surface area contributed by atoms with Crippen LogP contribution in [0.2, 0.25) is 0 Å². The highest BCUT2D eigenvalue weighted by Gasteiger charge is 2.21. The molecule has 4 nitrogen and oxygen atoms in total. The zero-order valence-corrected chi connectivity index (χ0v) is 16.6. The van der Waals surface area contributed by atoms with Gasteiger partial charge < -0.3 is 15.2 Å². The third-order valence-corrected chi connectivity index (χ3v) is 5.04. The van der Waals surface area contributed by atoms with Crippen LogP contribution in [0.25, 0.3) is 11.3 Å². The van der Waals surface area contributed by atoms with Crippen molar-refractivity contribution in [3.8, 4) is 11.3 Å². The second-order valence-corrected chi connectivity index (χ2v) is 8.20. The highest BCUT2D eigenvalue weighted by molar-refractivity contribution is 5.60. The first-order valence-electron chi connectivity index (χ1n) is 9.44. The first-order valence-corrected chi connectivity index (χ1v) is 9.44. The van der Waals surface area contributed by atoms with Crippen molar-refractivity contribution in [3.05, 3.63) is 53.8 Å². The molecule has 0 amide bonds. The maximum atomic E-state index is 14.7. The molecule has 0 aliphatic carbocycles. The first-order chi connectivity index (χ1) is 12.7. The van der Waals surface area contributed by atoms with E-state index in [2.05, 4.69) is 22.5 Å². The Morgan fingerprint density at radius 2 is 2.04 bits per heavy atom. The summed E-state index contributed by atoms with van der Waals surface area (Å²) in [4.78, 5) is 4.25. The number of hydrogen-bond donors (Lipinski definition) is 2. The molecule has 1 aliphatic rings. The SMILES string of the molecule is CCC1CC(NC(C)c2cc(F)c(-c3cn(C(C)(C)C)cn3)cc2F)=CN1. The molecule has 0 bridgehead atoms. The van der Waals surface area contributed by atoms with Gasteiger partial charge in [-0.1, -0.05) is 6.92 Å². The van der Waals surface area contributed by atoms with Gasteiger partial charge in [0.05, 0.1) is 18.1 Å². The summed E-state index contributed by atoms with van der Waals surface area (Å²) in [7, 11) is 0. The highest BCUT2D eigenvalue weighted by atomic mass is 19.1. The van der Waals surface area contributed by atoms with Crippen molar-refractivity contribution < 1.29 is 8.78 Å². The molecule has 0 saturated heterocycles. The van der Waals surface area contributed by atoms with Gasteiger partial charge in [0.2, 0.25) is 0 Å². The quantitative estimate of drug-likeness (QED) is 0.786. The fraction of sp³-hybridized carbons (Fsp3) is 0.476. The predicted octanol–water partition coefficient (Wildman–Crippen LogP) is 4.85. The monoisotopic (exact) mass is 374 g/mol. The summed E-state index contributed by atoms with van der Waals surface area (Å²) in [5.41, 5.74) is 1.77. The van der Waals surface area contributed by atoms with Crippen molar-refractivity contribution >= 4 is 0 Å². The van der Waals surface area contributed by atoms with Gasteiger partial charge in [0.1, 0.15) is 11.6 Å². The van der Waals surface area contributed by atoms with Crippen molar-refractivity contribution in [2.45, 2.75) is 65.1 Å². The molecule has 27 heavy (non-hydrogen) atoms. The fourth-order valence-electron chi connectivity index (χ4n) is 3.24. The van der Waals surface area contributed by atoms with Gasteiger partial charge >= 0.3 is 0 Å². The topological polar surface area (TPSA) is 41.9 Å². The summed E-state index contributed by atoms with van der Waals surface area (Å²) in [5.74, 6) is -0.903. The van der Waals surface area contributed by atoms with Crippen molar-refractivity contribution in [2.24, 2.45) is 0 Å². The van der Waals surface area contributed by atoms with E-state index in [-0.39, 0.29) is 17.1 Å². The molecule has 2 aromatic rings. The Kier molecular flexibility index (Phi) is 5.27. The maximum Gasteiger partial charge on any atom is 0.133 e. The van der Waals surface area contributed by atoms with E-state index in [1.165, 1.54) is 12.1 Å². The van der Waals surface area contributed by atoms with Crippen molar-refractivity contribution in [2.75, 3.05) is 0 Å². The molecule has 0 fully saturated rings. The standard InChI is InChI=1S/C21H28F2N4/c1-6-14-7-15(10-24-14)26-13(2)16-8-19(23)17(9-18(16)22)20-11-27(12-25-20)21(3,4)5/h8-14,24,26H,6-7H2,1-5H3. The van der Waals surface area contributed by atoms with E-state index in [1.807, 2.05) is 38.5 Å². The molecular weight excluding hydrogens is 346 g/mol. The Morgan fingerprint density at radius 3 is 2.63 bits per heavy atom. The van der Waals surface area contributed by atoms with E-state index in [1.54, 1.807) is 12.5 Å². The van der Waals surface area contributed by atoms with Crippen LogP contribution in [0.5, 0.6) is 0 Å². The Hall–Kier alpha value is -2.37. The molecule has 1 aromatic carbocycles. The zero-order valence-electron chi connectivity index (χ0n) is 16.6. The Labute approximate surface area is 159 Å². The van der Waals surface area contributed by atoms with Gasteiger partial charge in [-0.2, -0.15) is 0 Å². The molecule has 0 spiro atoms. The van der Waals surface area contributed by atoms with E-state index in [4.69, 9.17) is 0 Å². The first kappa shape index (κ1) is 19.4. The fourth-order valence-corrected chi connectivity index (χ4v) is 3.24. The summed E-state index contributed by atoms with van der Waals surface area (Å²) < 4.78 is 31.4. The van der Waals surface area contributed by atoms with E-state index >= 15 is 0 Å². The minimum atomic E-state index is -0.468. The molecule has 2 heterocycles. The van der Waals surface area contributed by atoms with Crippen molar-refractivity contribution in [1.82, 2.24) is 20.2 Å². The van der Waals surface area contributed by atoms with Crippen LogP contribution in [0.1, 0.15) is 59.1 Å². The lowest BCUT2D eigenvalue weighted by Crippen LogP contribution is -2.20. The number of hydrogen-bond acceptors (Lipinski definition) is 3. The predicted molar refractivity (Wildman–Crippen MR) is 104 cm³/mol. The Balaban J connectivity index is 1.81. The molecule has 2 unspecified atom stereocenters. The van der Waals surface area contributed by atoms with Crippen LogP contribution in [0, 0.1) is 11.6 Å². The van der Waals surface area contributed by atoms with E-state index in [0.717, 1.165) is 18.5 Å². The average Bonchev–Trinajstić information content (AvgIpc) is 3.25. The number of rotatable bonds is 5. The van der Waals surface area contributed by atoms with Gasteiger partial charge in [0, 0.05) is 47.2 Å². The van der Waals surface area contributed by atoms with Crippen molar-refractivity contribution in [1.29, 1.82) is 0 Å². The number of halogens is 2. The van der Waals surface area contributed by atoms with Gasteiger partial charge in [-0.3, -0.25) is 0 Å². The van der Waals surface area contributed by atoms with Crippen LogP contribution < -0.4 is 10.6 Å².